The second-order valence-corrected chi connectivity index (χ2v) is 8.42. The van der Waals surface area contributed by atoms with Gasteiger partial charge in [-0.15, -0.1) is 11.3 Å². The van der Waals surface area contributed by atoms with Crippen LogP contribution in [0.3, 0.4) is 0 Å². The highest BCUT2D eigenvalue weighted by atomic mass is 32.1. The third-order valence-corrected chi connectivity index (χ3v) is 5.64. The van der Waals surface area contributed by atoms with Gasteiger partial charge in [-0.3, -0.25) is 0 Å². The van der Waals surface area contributed by atoms with Crippen LogP contribution in [-0.4, -0.2) is 11.9 Å². The highest BCUT2D eigenvalue weighted by Gasteiger charge is 2.08. The lowest BCUT2D eigenvalue weighted by atomic mass is 10.0. The Bertz CT molecular complexity index is 1110. The van der Waals surface area contributed by atoms with Crippen LogP contribution in [0.2, 0.25) is 0 Å². The van der Waals surface area contributed by atoms with E-state index in [4.69, 9.17) is 9.47 Å². The van der Waals surface area contributed by atoms with Gasteiger partial charge in [0, 0.05) is 20.9 Å². The van der Waals surface area contributed by atoms with Gasteiger partial charge < -0.3 is 9.47 Å². The lowest BCUT2D eigenvalue weighted by molar-refractivity contribution is -0.141. The van der Waals surface area contributed by atoms with Gasteiger partial charge >= 0.3 is 11.9 Å². The highest BCUT2D eigenvalue weighted by Crippen LogP contribution is 2.30. The van der Waals surface area contributed by atoms with E-state index in [1.54, 1.807) is 25.2 Å². The number of ether oxygens (including phenoxy) is 2. The SMILES string of the molecule is C=C(C)C(=O)OCc1ccc(-c2ccc(-c3ccc(COC(=O)C(=C)C)s3)cc2)cc1. The Morgan fingerprint density at radius 1 is 0.710 bits per heavy atom. The molecular weight excluding hydrogens is 408 g/mol. The summed E-state index contributed by atoms with van der Waals surface area (Å²) < 4.78 is 10.4. The molecule has 1 aromatic heterocycles. The van der Waals surface area contributed by atoms with Crippen molar-refractivity contribution in [2.45, 2.75) is 27.1 Å². The zero-order valence-electron chi connectivity index (χ0n) is 17.6. The monoisotopic (exact) mass is 432 g/mol. The highest BCUT2D eigenvalue weighted by molar-refractivity contribution is 7.15. The Labute approximate surface area is 186 Å². The predicted molar refractivity (Wildman–Crippen MR) is 124 cm³/mol. The molecule has 5 heteroatoms. The average Bonchev–Trinajstić information content (AvgIpc) is 3.25. The Morgan fingerprint density at radius 2 is 1.19 bits per heavy atom. The molecule has 4 nitrogen and oxygen atoms in total. The van der Waals surface area contributed by atoms with Crippen LogP contribution in [0.4, 0.5) is 0 Å². The minimum absolute atomic E-state index is 0.229. The van der Waals surface area contributed by atoms with E-state index in [9.17, 15) is 9.59 Å². The number of carbonyl (C=O) groups excluding carboxylic acids is 2. The molecule has 0 atom stereocenters. The summed E-state index contributed by atoms with van der Waals surface area (Å²) in [5.41, 5.74) is 5.00. The maximum atomic E-state index is 11.5. The van der Waals surface area contributed by atoms with E-state index in [0.29, 0.717) is 11.1 Å². The molecule has 0 bridgehead atoms. The maximum Gasteiger partial charge on any atom is 0.333 e. The Hall–Kier alpha value is -3.44. The van der Waals surface area contributed by atoms with E-state index >= 15 is 0 Å². The molecule has 3 aromatic rings. The lowest BCUT2D eigenvalue weighted by Gasteiger charge is -2.07. The van der Waals surface area contributed by atoms with Crippen LogP contribution < -0.4 is 0 Å². The molecule has 0 saturated heterocycles. The van der Waals surface area contributed by atoms with Crippen molar-refractivity contribution in [2.75, 3.05) is 0 Å². The summed E-state index contributed by atoms with van der Waals surface area (Å²) in [5.74, 6) is -0.760. The van der Waals surface area contributed by atoms with E-state index in [1.807, 2.05) is 36.4 Å². The topological polar surface area (TPSA) is 52.6 Å². The molecule has 0 aliphatic rings. The van der Waals surface area contributed by atoms with Crippen LogP contribution in [0.25, 0.3) is 21.6 Å². The molecule has 31 heavy (non-hydrogen) atoms. The van der Waals surface area contributed by atoms with Gasteiger partial charge in [0.2, 0.25) is 0 Å². The second-order valence-electron chi connectivity index (χ2n) is 7.25. The molecule has 2 aromatic carbocycles. The lowest BCUT2D eigenvalue weighted by Crippen LogP contribution is -2.04. The van der Waals surface area contributed by atoms with Crippen molar-refractivity contribution in [3.05, 3.63) is 95.4 Å². The fourth-order valence-corrected chi connectivity index (χ4v) is 3.69. The quantitative estimate of drug-likeness (QED) is 0.309. The zero-order valence-corrected chi connectivity index (χ0v) is 18.5. The van der Waals surface area contributed by atoms with Gasteiger partial charge in [-0.25, -0.2) is 9.59 Å². The van der Waals surface area contributed by atoms with E-state index in [0.717, 1.165) is 32.0 Å². The number of benzene rings is 2. The van der Waals surface area contributed by atoms with Crippen molar-refractivity contribution in [3.8, 4) is 21.6 Å². The van der Waals surface area contributed by atoms with Gasteiger partial charge in [-0.05, 0) is 48.2 Å². The third kappa shape index (κ3) is 6.03. The Morgan fingerprint density at radius 3 is 1.74 bits per heavy atom. The van der Waals surface area contributed by atoms with Crippen LogP contribution in [0.15, 0.2) is 85.0 Å². The smallest absolute Gasteiger partial charge is 0.333 e. The van der Waals surface area contributed by atoms with Gasteiger partial charge in [0.05, 0.1) is 0 Å². The Kier molecular flexibility index (Phi) is 7.21. The third-order valence-electron chi connectivity index (χ3n) is 4.53. The van der Waals surface area contributed by atoms with Gasteiger partial charge in [-0.1, -0.05) is 61.7 Å². The standard InChI is InChI=1S/C26H24O4S/c1-17(2)25(27)29-15-19-5-7-20(8-6-19)21-9-11-22(12-10-21)24-14-13-23(31-24)16-30-26(28)18(3)4/h5-14H,1,3,15-16H2,2,4H3. The van der Waals surface area contributed by atoms with Crippen molar-refractivity contribution in [2.24, 2.45) is 0 Å². The summed E-state index contributed by atoms with van der Waals surface area (Å²) in [4.78, 5) is 25.1. The van der Waals surface area contributed by atoms with Gasteiger partial charge in [0.15, 0.2) is 0 Å². The molecule has 0 N–H and O–H groups in total. The normalized spacial score (nSPS) is 10.4. The van der Waals surface area contributed by atoms with Gasteiger partial charge in [0.25, 0.3) is 0 Å². The van der Waals surface area contributed by atoms with Crippen LogP contribution in [0.5, 0.6) is 0 Å². The molecule has 0 spiro atoms. The number of thiophene rings is 1. The van der Waals surface area contributed by atoms with Gasteiger partial charge in [0.1, 0.15) is 13.2 Å². The van der Waals surface area contributed by atoms with Crippen LogP contribution in [0.1, 0.15) is 24.3 Å². The van der Waals surface area contributed by atoms with E-state index in [1.165, 1.54) is 0 Å². The van der Waals surface area contributed by atoms with Crippen molar-refractivity contribution in [1.82, 2.24) is 0 Å². The first-order valence-electron chi connectivity index (χ1n) is 9.77. The minimum atomic E-state index is -0.384. The molecule has 0 radical (unpaired) electrons. The molecule has 3 rings (SSSR count). The summed E-state index contributed by atoms with van der Waals surface area (Å²) in [6.45, 7) is 10.9. The molecule has 0 unspecified atom stereocenters. The number of rotatable bonds is 8. The van der Waals surface area contributed by atoms with Crippen molar-refractivity contribution in [3.63, 3.8) is 0 Å². The molecular formula is C26H24O4S. The molecule has 1 heterocycles. The first-order valence-corrected chi connectivity index (χ1v) is 10.6. The first-order chi connectivity index (χ1) is 14.8. The Balaban J connectivity index is 1.62. The van der Waals surface area contributed by atoms with E-state index < -0.39 is 0 Å². The average molecular weight is 433 g/mol. The molecule has 0 aliphatic heterocycles. The van der Waals surface area contributed by atoms with Crippen LogP contribution in [0, 0.1) is 0 Å². The number of hydrogen-bond donors (Lipinski definition) is 0. The first kappa shape index (κ1) is 22.2. The van der Waals surface area contributed by atoms with E-state index in [2.05, 4.69) is 37.4 Å². The summed E-state index contributed by atoms with van der Waals surface area (Å²) in [7, 11) is 0. The summed E-state index contributed by atoms with van der Waals surface area (Å²) in [6, 6.07) is 20.2. The fraction of sp³-hybridized carbons (Fsp3) is 0.154. The fourth-order valence-electron chi connectivity index (χ4n) is 2.76. The largest absolute Gasteiger partial charge is 0.457 e. The molecule has 0 aliphatic carbocycles. The molecule has 0 saturated carbocycles. The number of hydrogen-bond acceptors (Lipinski definition) is 5. The van der Waals surface area contributed by atoms with Crippen molar-refractivity contribution < 1.29 is 19.1 Å². The summed E-state index contributed by atoms with van der Waals surface area (Å²) >= 11 is 1.60. The van der Waals surface area contributed by atoms with E-state index in [-0.39, 0.29) is 25.2 Å². The summed E-state index contributed by atoms with van der Waals surface area (Å²) in [6.07, 6.45) is 0. The maximum absolute atomic E-state index is 11.5. The molecule has 158 valence electrons. The summed E-state index contributed by atoms with van der Waals surface area (Å²) in [5, 5.41) is 0. The predicted octanol–water partition coefficient (Wildman–Crippen LogP) is 6.32. The number of carbonyl (C=O) groups is 2. The van der Waals surface area contributed by atoms with Crippen molar-refractivity contribution in [1.29, 1.82) is 0 Å². The van der Waals surface area contributed by atoms with Crippen molar-refractivity contribution >= 4 is 23.3 Å². The van der Waals surface area contributed by atoms with Crippen LogP contribution >= 0.6 is 11.3 Å². The van der Waals surface area contributed by atoms with Gasteiger partial charge in [-0.2, -0.15) is 0 Å². The zero-order chi connectivity index (χ0) is 22.4. The van der Waals surface area contributed by atoms with Crippen LogP contribution in [-0.2, 0) is 32.3 Å². The molecule has 0 amide bonds. The second kappa shape index (κ2) is 10.0. The molecule has 0 fully saturated rings. The number of esters is 2. The minimum Gasteiger partial charge on any atom is -0.457 e.